The van der Waals surface area contributed by atoms with Crippen molar-refractivity contribution < 1.29 is 9.66 Å². The number of non-ortho nitro benzene ring substituents is 1. The van der Waals surface area contributed by atoms with Crippen LogP contribution in [0.25, 0.3) is 0 Å². The first kappa shape index (κ1) is 15.5. The van der Waals surface area contributed by atoms with Crippen molar-refractivity contribution in [2.45, 2.75) is 13.3 Å². The standard InChI is InChI=1S/C16H17N3O3/c1-2-11-22-16-6-4-3-5-13(16)12-17-18-14-7-9-15(10-8-14)19(20)21/h3-10,12,18H,2,11H2,1H3/b17-12-. The monoisotopic (exact) mass is 299 g/mol. The molecule has 0 aromatic heterocycles. The van der Waals surface area contributed by atoms with E-state index in [0.29, 0.717) is 12.3 Å². The molecule has 0 amide bonds. The summed E-state index contributed by atoms with van der Waals surface area (Å²) >= 11 is 0. The number of ether oxygens (including phenoxy) is 1. The summed E-state index contributed by atoms with van der Waals surface area (Å²) in [6, 6.07) is 13.7. The van der Waals surface area contributed by atoms with Gasteiger partial charge in [0.25, 0.3) is 5.69 Å². The first-order chi connectivity index (χ1) is 10.7. The van der Waals surface area contributed by atoms with E-state index in [9.17, 15) is 10.1 Å². The van der Waals surface area contributed by atoms with Gasteiger partial charge in [0.2, 0.25) is 0 Å². The van der Waals surface area contributed by atoms with Gasteiger partial charge in [-0.05, 0) is 30.7 Å². The Balaban J connectivity index is 2.01. The molecule has 1 N–H and O–H groups in total. The Hall–Kier alpha value is -2.89. The molecule has 2 rings (SSSR count). The normalized spacial score (nSPS) is 10.6. The van der Waals surface area contributed by atoms with Gasteiger partial charge in [-0.25, -0.2) is 0 Å². The number of nitro groups is 1. The van der Waals surface area contributed by atoms with Crippen molar-refractivity contribution in [1.82, 2.24) is 0 Å². The first-order valence-corrected chi connectivity index (χ1v) is 6.96. The Bertz CT molecular complexity index is 654. The van der Waals surface area contributed by atoms with Gasteiger partial charge in [-0.3, -0.25) is 15.5 Å². The van der Waals surface area contributed by atoms with Gasteiger partial charge >= 0.3 is 0 Å². The largest absolute Gasteiger partial charge is 0.493 e. The topological polar surface area (TPSA) is 76.8 Å². The van der Waals surface area contributed by atoms with Crippen LogP contribution in [0.5, 0.6) is 5.75 Å². The fraction of sp³-hybridized carbons (Fsp3) is 0.188. The maximum Gasteiger partial charge on any atom is 0.269 e. The molecule has 0 saturated carbocycles. The number of hydrogen-bond donors (Lipinski definition) is 1. The molecule has 2 aromatic carbocycles. The van der Waals surface area contributed by atoms with Crippen LogP contribution in [0.15, 0.2) is 53.6 Å². The Morgan fingerprint density at radius 1 is 1.23 bits per heavy atom. The minimum Gasteiger partial charge on any atom is -0.493 e. The van der Waals surface area contributed by atoms with Gasteiger partial charge in [0.1, 0.15) is 5.75 Å². The van der Waals surface area contributed by atoms with E-state index in [2.05, 4.69) is 10.5 Å². The zero-order valence-corrected chi connectivity index (χ0v) is 12.2. The Kier molecular flexibility index (Phi) is 5.48. The van der Waals surface area contributed by atoms with E-state index in [1.54, 1.807) is 18.3 Å². The van der Waals surface area contributed by atoms with Crippen molar-refractivity contribution in [3.05, 3.63) is 64.2 Å². The molecule has 0 heterocycles. The Morgan fingerprint density at radius 3 is 2.64 bits per heavy atom. The van der Waals surface area contributed by atoms with E-state index in [1.165, 1.54) is 12.1 Å². The second-order valence-electron chi connectivity index (χ2n) is 4.56. The molecule has 0 unspecified atom stereocenters. The average Bonchev–Trinajstić information content (AvgIpc) is 2.54. The predicted molar refractivity (Wildman–Crippen MR) is 86.5 cm³/mol. The van der Waals surface area contributed by atoms with Gasteiger partial charge in [0, 0.05) is 17.7 Å². The smallest absolute Gasteiger partial charge is 0.269 e. The maximum atomic E-state index is 10.6. The van der Waals surface area contributed by atoms with Gasteiger partial charge < -0.3 is 4.74 Å². The Labute approximate surface area is 128 Å². The predicted octanol–water partition coefficient (Wildman–Crippen LogP) is 3.83. The summed E-state index contributed by atoms with van der Waals surface area (Å²) in [6.45, 7) is 2.70. The quantitative estimate of drug-likeness (QED) is 0.479. The summed E-state index contributed by atoms with van der Waals surface area (Å²) in [7, 11) is 0. The third-order valence-corrected chi connectivity index (χ3v) is 2.86. The third-order valence-electron chi connectivity index (χ3n) is 2.86. The highest BCUT2D eigenvalue weighted by Gasteiger charge is 2.03. The third kappa shape index (κ3) is 4.31. The molecule has 0 spiro atoms. The summed E-state index contributed by atoms with van der Waals surface area (Å²) in [5.74, 6) is 0.776. The summed E-state index contributed by atoms with van der Waals surface area (Å²) < 4.78 is 5.64. The molecular formula is C16H17N3O3. The lowest BCUT2D eigenvalue weighted by Gasteiger charge is -2.07. The molecule has 6 heteroatoms. The zero-order valence-electron chi connectivity index (χ0n) is 12.2. The summed E-state index contributed by atoms with van der Waals surface area (Å²) in [5.41, 5.74) is 4.42. The maximum absolute atomic E-state index is 10.6. The van der Waals surface area contributed by atoms with Crippen LogP contribution >= 0.6 is 0 Å². The number of hydrogen-bond acceptors (Lipinski definition) is 5. The van der Waals surface area contributed by atoms with E-state index < -0.39 is 4.92 Å². The van der Waals surface area contributed by atoms with E-state index in [4.69, 9.17) is 4.74 Å². The lowest BCUT2D eigenvalue weighted by Crippen LogP contribution is -1.99. The molecule has 2 aromatic rings. The minimum atomic E-state index is -0.436. The highest BCUT2D eigenvalue weighted by Crippen LogP contribution is 2.17. The molecule has 6 nitrogen and oxygen atoms in total. The van der Waals surface area contributed by atoms with Crippen molar-refractivity contribution in [3.8, 4) is 5.75 Å². The fourth-order valence-corrected chi connectivity index (χ4v) is 1.76. The fourth-order valence-electron chi connectivity index (χ4n) is 1.76. The molecule has 0 aliphatic heterocycles. The van der Waals surface area contributed by atoms with E-state index in [0.717, 1.165) is 17.7 Å². The van der Waals surface area contributed by atoms with Crippen LogP contribution in [-0.4, -0.2) is 17.7 Å². The van der Waals surface area contributed by atoms with Crippen LogP contribution in [0, 0.1) is 10.1 Å². The number of hydrazone groups is 1. The van der Waals surface area contributed by atoms with Gasteiger partial charge in [-0.1, -0.05) is 19.1 Å². The minimum absolute atomic E-state index is 0.0489. The van der Waals surface area contributed by atoms with Crippen LogP contribution in [0.4, 0.5) is 11.4 Å². The van der Waals surface area contributed by atoms with Gasteiger partial charge in [0.05, 0.1) is 23.4 Å². The van der Waals surface area contributed by atoms with Crippen molar-refractivity contribution in [2.75, 3.05) is 12.0 Å². The average molecular weight is 299 g/mol. The zero-order chi connectivity index (χ0) is 15.8. The number of nitrogens with zero attached hydrogens (tertiary/aromatic N) is 2. The summed E-state index contributed by atoms with van der Waals surface area (Å²) in [5, 5.41) is 14.7. The first-order valence-electron chi connectivity index (χ1n) is 6.96. The van der Waals surface area contributed by atoms with Gasteiger partial charge in [0.15, 0.2) is 0 Å². The molecule has 0 bridgehead atoms. The molecule has 0 aliphatic carbocycles. The highest BCUT2D eigenvalue weighted by molar-refractivity contribution is 5.84. The molecule has 0 radical (unpaired) electrons. The van der Waals surface area contributed by atoms with Crippen LogP contribution < -0.4 is 10.2 Å². The lowest BCUT2D eigenvalue weighted by molar-refractivity contribution is -0.384. The molecule has 114 valence electrons. The Morgan fingerprint density at radius 2 is 1.95 bits per heavy atom. The van der Waals surface area contributed by atoms with Crippen molar-refractivity contribution in [2.24, 2.45) is 5.10 Å². The van der Waals surface area contributed by atoms with Crippen LogP contribution in [0.1, 0.15) is 18.9 Å². The number of nitro benzene ring substituents is 1. The molecular weight excluding hydrogens is 282 g/mol. The highest BCUT2D eigenvalue weighted by atomic mass is 16.6. The summed E-state index contributed by atoms with van der Waals surface area (Å²) in [4.78, 5) is 10.1. The second kappa shape index (κ2) is 7.78. The van der Waals surface area contributed by atoms with Gasteiger partial charge in [-0.2, -0.15) is 5.10 Å². The van der Waals surface area contributed by atoms with Crippen molar-refractivity contribution in [3.63, 3.8) is 0 Å². The molecule has 0 atom stereocenters. The molecule has 0 saturated heterocycles. The number of benzene rings is 2. The molecule has 0 fully saturated rings. The van der Waals surface area contributed by atoms with Crippen LogP contribution in [-0.2, 0) is 0 Å². The number of rotatable bonds is 7. The second-order valence-corrected chi connectivity index (χ2v) is 4.56. The molecule has 0 aliphatic rings. The number of para-hydroxylation sites is 1. The van der Waals surface area contributed by atoms with Gasteiger partial charge in [-0.15, -0.1) is 0 Å². The number of anilines is 1. The van der Waals surface area contributed by atoms with Crippen molar-refractivity contribution >= 4 is 17.6 Å². The molecule has 22 heavy (non-hydrogen) atoms. The van der Waals surface area contributed by atoms with Crippen molar-refractivity contribution in [1.29, 1.82) is 0 Å². The van der Waals surface area contributed by atoms with Crippen LogP contribution in [0.2, 0.25) is 0 Å². The van der Waals surface area contributed by atoms with E-state index in [-0.39, 0.29) is 5.69 Å². The SMILES string of the molecule is CCCOc1ccccc1/C=N\Nc1ccc([N+](=O)[O-])cc1. The number of nitrogens with one attached hydrogen (secondary N) is 1. The lowest BCUT2D eigenvalue weighted by atomic mass is 10.2. The summed E-state index contributed by atoms with van der Waals surface area (Å²) in [6.07, 6.45) is 2.60. The van der Waals surface area contributed by atoms with E-state index in [1.807, 2.05) is 31.2 Å². The van der Waals surface area contributed by atoms with Crippen LogP contribution in [0.3, 0.4) is 0 Å². The van der Waals surface area contributed by atoms with E-state index >= 15 is 0 Å².